The molecule has 0 saturated heterocycles. The lowest BCUT2D eigenvalue weighted by Gasteiger charge is -2.11. The van der Waals surface area contributed by atoms with E-state index in [-0.39, 0.29) is 10.6 Å². The smallest absolute Gasteiger partial charge is 0.339 e. The molecule has 0 atom stereocenters. The van der Waals surface area contributed by atoms with Gasteiger partial charge in [-0.2, -0.15) is 8.42 Å². The van der Waals surface area contributed by atoms with Crippen LogP contribution in [0.1, 0.15) is 5.56 Å². The number of benzene rings is 2. The second-order valence-corrected chi connectivity index (χ2v) is 5.47. The average Bonchev–Trinajstić information content (AvgIpc) is 2.39. The van der Waals surface area contributed by atoms with Crippen LogP contribution in [0.5, 0.6) is 11.5 Å². The van der Waals surface area contributed by atoms with Gasteiger partial charge in [-0.15, -0.1) is 0 Å². The van der Waals surface area contributed by atoms with Crippen molar-refractivity contribution in [2.45, 2.75) is 11.8 Å². The Labute approximate surface area is 112 Å². The van der Waals surface area contributed by atoms with Gasteiger partial charge < -0.3 is 8.92 Å². The minimum Gasteiger partial charge on any atom is -0.493 e. The number of rotatable bonds is 4. The Bertz CT molecular complexity index is 677. The first kappa shape index (κ1) is 13.4. The number of hydrogen-bond donors (Lipinski definition) is 0. The van der Waals surface area contributed by atoms with E-state index in [1.807, 2.05) is 0 Å². The van der Waals surface area contributed by atoms with Crippen LogP contribution in [0, 0.1) is 6.92 Å². The van der Waals surface area contributed by atoms with Crippen LogP contribution in [0.3, 0.4) is 0 Å². The molecule has 5 heteroatoms. The number of methoxy groups -OCH3 is 1. The van der Waals surface area contributed by atoms with E-state index in [1.165, 1.54) is 13.2 Å². The summed E-state index contributed by atoms with van der Waals surface area (Å²) in [4.78, 5) is 0.154. The number of aryl methyl sites for hydroxylation is 1. The molecular weight excluding hydrogens is 264 g/mol. The predicted octanol–water partition coefficient (Wildman–Crippen LogP) is 2.77. The highest BCUT2D eigenvalue weighted by Crippen LogP contribution is 2.29. The molecule has 0 radical (unpaired) electrons. The second-order valence-electron chi connectivity index (χ2n) is 3.95. The maximum Gasteiger partial charge on any atom is 0.339 e. The number of ether oxygens (including phenoxy) is 1. The fourth-order valence-corrected chi connectivity index (χ4v) is 2.86. The minimum atomic E-state index is -3.86. The molecule has 0 unspecified atom stereocenters. The first-order valence-corrected chi connectivity index (χ1v) is 7.08. The summed E-state index contributed by atoms with van der Waals surface area (Å²) in [6.07, 6.45) is 0. The molecule has 2 aromatic carbocycles. The highest BCUT2D eigenvalue weighted by Gasteiger charge is 2.20. The van der Waals surface area contributed by atoms with Gasteiger partial charge in [0, 0.05) is 0 Å². The van der Waals surface area contributed by atoms with E-state index in [0.717, 1.165) is 0 Å². The zero-order valence-electron chi connectivity index (χ0n) is 10.7. The Morgan fingerprint density at radius 1 is 0.895 bits per heavy atom. The zero-order chi connectivity index (χ0) is 13.9. The van der Waals surface area contributed by atoms with Gasteiger partial charge in [-0.3, -0.25) is 0 Å². The average molecular weight is 278 g/mol. The van der Waals surface area contributed by atoms with Crippen LogP contribution in [0.25, 0.3) is 0 Å². The summed E-state index contributed by atoms with van der Waals surface area (Å²) in [7, 11) is -2.40. The van der Waals surface area contributed by atoms with Crippen molar-refractivity contribution in [3.8, 4) is 11.5 Å². The monoisotopic (exact) mass is 278 g/mol. The summed E-state index contributed by atoms with van der Waals surface area (Å²) in [5.74, 6) is 0.549. The van der Waals surface area contributed by atoms with E-state index in [0.29, 0.717) is 11.3 Å². The molecular formula is C14H14O4S. The summed E-state index contributed by atoms with van der Waals surface area (Å²) >= 11 is 0. The molecule has 0 aliphatic heterocycles. The molecule has 100 valence electrons. The Hall–Kier alpha value is -2.01. The summed E-state index contributed by atoms with van der Waals surface area (Å²) in [5.41, 5.74) is 0.636. The molecule has 0 bridgehead atoms. The molecule has 4 nitrogen and oxygen atoms in total. The predicted molar refractivity (Wildman–Crippen MR) is 72.0 cm³/mol. The molecule has 0 heterocycles. The van der Waals surface area contributed by atoms with Crippen molar-refractivity contribution < 1.29 is 17.3 Å². The van der Waals surface area contributed by atoms with Crippen molar-refractivity contribution in [3.05, 3.63) is 54.1 Å². The minimum absolute atomic E-state index is 0.154. The lowest BCUT2D eigenvalue weighted by molar-refractivity contribution is 0.390. The summed E-state index contributed by atoms with van der Waals surface area (Å²) < 4.78 is 34.6. The highest BCUT2D eigenvalue weighted by atomic mass is 32.2. The van der Waals surface area contributed by atoms with E-state index in [9.17, 15) is 8.42 Å². The molecule has 0 N–H and O–H groups in total. The summed E-state index contributed by atoms with van der Waals surface area (Å²) in [5, 5.41) is 0. The topological polar surface area (TPSA) is 52.6 Å². The molecule has 0 aliphatic rings. The van der Waals surface area contributed by atoms with Gasteiger partial charge in [0.2, 0.25) is 0 Å². The van der Waals surface area contributed by atoms with Crippen LogP contribution in [0.15, 0.2) is 53.4 Å². The molecule has 0 saturated carbocycles. The quantitative estimate of drug-likeness (QED) is 0.807. The van der Waals surface area contributed by atoms with Crippen LogP contribution >= 0.6 is 0 Å². The second kappa shape index (κ2) is 5.32. The SMILES string of the molecule is COc1ccccc1OS(=O)(=O)c1ccccc1C. The Kier molecular flexibility index (Phi) is 3.76. The van der Waals surface area contributed by atoms with Crippen molar-refractivity contribution >= 4 is 10.1 Å². The third kappa shape index (κ3) is 2.88. The van der Waals surface area contributed by atoms with Gasteiger partial charge in [0.15, 0.2) is 11.5 Å². The number of hydrogen-bond acceptors (Lipinski definition) is 4. The first-order valence-electron chi connectivity index (χ1n) is 5.68. The van der Waals surface area contributed by atoms with Crippen molar-refractivity contribution in [2.75, 3.05) is 7.11 Å². The first-order chi connectivity index (χ1) is 9.04. The van der Waals surface area contributed by atoms with E-state index >= 15 is 0 Å². The zero-order valence-corrected chi connectivity index (χ0v) is 11.5. The van der Waals surface area contributed by atoms with Gasteiger partial charge in [-0.1, -0.05) is 30.3 Å². The molecule has 0 spiro atoms. The number of para-hydroxylation sites is 2. The molecule has 2 rings (SSSR count). The Morgan fingerprint density at radius 2 is 1.47 bits per heavy atom. The van der Waals surface area contributed by atoms with Crippen LogP contribution < -0.4 is 8.92 Å². The maximum atomic E-state index is 12.2. The van der Waals surface area contributed by atoms with Crippen LogP contribution in [-0.2, 0) is 10.1 Å². The Balaban J connectivity index is 2.40. The third-order valence-electron chi connectivity index (χ3n) is 2.63. The molecule has 0 amide bonds. The van der Waals surface area contributed by atoms with Gasteiger partial charge in [0.25, 0.3) is 0 Å². The highest BCUT2D eigenvalue weighted by molar-refractivity contribution is 7.87. The normalized spacial score (nSPS) is 11.1. The maximum absolute atomic E-state index is 12.2. The molecule has 2 aromatic rings. The van der Waals surface area contributed by atoms with E-state index < -0.39 is 10.1 Å². The fraction of sp³-hybridized carbons (Fsp3) is 0.143. The van der Waals surface area contributed by atoms with Crippen LogP contribution in [-0.4, -0.2) is 15.5 Å². The van der Waals surface area contributed by atoms with Crippen molar-refractivity contribution in [1.29, 1.82) is 0 Å². The van der Waals surface area contributed by atoms with E-state index in [1.54, 1.807) is 49.4 Å². The van der Waals surface area contributed by atoms with Gasteiger partial charge in [-0.05, 0) is 30.7 Å². The van der Waals surface area contributed by atoms with Gasteiger partial charge in [0.05, 0.1) is 7.11 Å². The largest absolute Gasteiger partial charge is 0.493 e. The summed E-state index contributed by atoms with van der Waals surface area (Å²) in [6, 6.07) is 13.3. The van der Waals surface area contributed by atoms with E-state index in [4.69, 9.17) is 8.92 Å². The third-order valence-corrected chi connectivity index (χ3v) is 4.03. The van der Waals surface area contributed by atoms with Crippen LogP contribution in [0.2, 0.25) is 0 Å². The van der Waals surface area contributed by atoms with Crippen molar-refractivity contribution in [2.24, 2.45) is 0 Å². The Morgan fingerprint density at radius 3 is 2.11 bits per heavy atom. The van der Waals surface area contributed by atoms with E-state index in [2.05, 4.69) is 0 Å². The van der Waals surface area contributed by atoms with Gasteiger partial charge in [0.1, 0.15) is 4.90 Å². The molecule has 19 heavy (non-hydrogen) atoms. The fourth-order valence-electron chi connectivity index (χ4n) is 1.69. The van der Waals surface area contributed by atoms with Crippen molar-refractivity contribution in [1.82, 2.24) is 0 Å². The van der Waals surface area contributed by atoms with Gasteiger partial charge in [-0.25, -0.2) is 0 Å². The molecule has 0 aromatic heterocycles. The molecule has 0 fully saturated rings. The lowest BCUT2D eigenvalue weighted by Crippen LogP contribution is -2.11. The lowest BCUT2D eigenvalue weighted by atomic mass is 10.2. The van der Waals surface area contributed by atoms with Crippen molar-refractivity contribution in [3.63, 3.8) is 0 Å². The standard InChI is InChI=1S/C14H14O4S/c1-11-7-3-6-10-14(11)19(15,16)18-13-9-5-4-8-12(13)17-2/h3-10H,1-2H3. The molecule has 0 aliphatic carbocycles. The summed E-state index contributed by atoms with van der Waals surface area (Å²) in [6.45, 7) is 1.72. The van der Waals surface area contributed by atoms with Crippen LogP contribution in [0.4, 0.5) is 0 Å². The van der Waals surface area contributed by atoms with Gasteiger partial charge >= 0.3 is 10.1 Å².